The van der Waals surface area contributed by atoms with Crippen molar-refractivity contribution in [3.63, 3.8) is 0 Å². The molecule has 7 nitrogen and oxygen atoms in total. The van der Waals surface area contributed by atoms with E-state index in [1.807, 2.05) is 27.2 Å². The van der Waals surface area contributed by atoms with Crippen molar-refractivity contribution < 1.29 is 28.1 Å². The molecule has 0 saturated heterocycles. The molecule has 0 saturated carbocycles. The summed E-state index contributed by atoms with van der Waals surface area (Å²) in [6.45, 7) is 0.916. The molecule has 1 aromatic rings. The van der Waals surface area contributed by atoms with Gasteiger partial charge < -0.3 is 19.0 Å². The minimum Gasteiger partial charge on any atom is -0.335 e. The summed E-state index contributed by atoms with van der Waals surface area (Å²) in [5, 5.41) is 0. The Morgan fingerprint density at radius 1 is 1.36 bits per heavy atom. The van der Waals surface area contributed by atoms with E-state index in [2.05, 4.69) is 27.6 Å². The Labute approximate surface area is 142 Å². The highest BCUT2D eigenvalue weighted by molar-refractivity contribution is 14.1. The van der Waals surface area contributed by atoms with Crippen molar-refractivity contribution in [3.8, 4) is 0 Å². The number of ether oxygens (including phenoxy) is 1. The summed E-state index contributed by atoms with van der Waals surface area (Å²) in [5.41, 5.74) is 1.09. The summed E-state index contributed by atoms with van der Waals surface area (Å²) in [5.74, 6) is -1.65. The lowest BCUT2D eigenvalue weighted by molar-refractivity contribution is -0.871. The zero-order valence-electron chi connectivity index (χ0n) is 12.6. The highest BCUT2D eigenvalue weighted by Crippen LogP contribution is 2.50. The van der Waals surface area contributed by atoms with Crippen LogP contribution in [-0.2, 0) is 19.6 Å². The number of hydrogen-bond donors (Lipinski definition) is 2. The summed E-state index contributed by atoms with van der Waals surface area (Å²) in [4.78, 5) is 22.6. The van der Waals surface area contributed by atoms with Gasteiger partial charge in [0.25, 0.3) is 0 Å². The number of benzene rings is 1. The normalized spacial score (nSPS) is 21.2. The van der Waals surface area contributed by atoms with Gasteiger partial charge in [0.15, 0.2) is 0 Å². The standard InChI is InChI=1S/C13H18IN2O5P/c1-16(2,3)6-7-20-13(21-22(17,18)19)9-15-12-5-4-10(14)8-11(12)13/h4-5,8-9H,6-7H2,1-3H3,(H-,17,18,19)/p+1. The lowest BCUT2D eigenvalue weighted by atomic mass is 10.1. The van der Waals surface area contributed by atoms with Crippen molar-refractivity contribution >= 4 is 42.3 Å². The van der Waals surface area contributed by atoms with Gasteiger partial charge in [0, 0.05) is 9.13 Å². The molecule has 2 N–H and O–H groups in total. The van der Waals surface area contributed by atoms with Crippen molar-refractivity contribution in [1.82, 2.24) is 0 Å². The number of halogens is 1. The van der Waals surface area contributed by atoms with E-state index in [1.54, 1.807) is 12.1 Å². The van der Waals surface area contributed by atoms with Crippen LogP contribution in [0.25, 0.3) is 0 Å². The molecular weight excluding hydrogens is 422 g/mol. The molecule has 9 heteroatoms. The molecule has 0 bridgehead atoms. The quantitative estimate of drug-likeness (QED) is 0.305. The van der Waals surface area contributed by atoms with Crippen molar-refractivity contribution in [2.24, 2.45) is 4.99 Å². The predicted octanol–water partition coefficient (Wildman–Crippen LogP) is 1.99. The molecule has 0 aromatic heterocycles. The molecule has 0 radical (unpaired) electrons. The summed E-state index contributed by atoms with van der Waals surface area (Å²) < 4.78 is 23.6. The van der Waals surface area contributed by atoms with E-state index < -0.39 is 13.6 Å². The van der Waals surface area contributed by atoms with Gasteiger partial charge >= 0.3 is 7.82 Å². The second-order valence-electron chi connectivity index (χ2n) is 6.03. The average molecular weight is 441 g/mol. The number of aliphatic imine (C=N–C) groups is 1. The minimum absolute atomic E-state index is 0.264. The van der Waals surface area contributed by atoms with Crippen molar-refractivity contribution in [2.75, 3.05) is 34.3 Å². The van der Waals surface area contributed by atoms with Gasteiger partial charge in [-0.05, 0) is 40.8 Å². The van der Waals surface area contributed by atoms with Gasteiger partial charge in [0.1, 0.15) is 6.54 Å². The van der Waals surface area contributed by atoms with Crippen LogP contribution in [-0.4, -0.2) is 54.8 Å². The van der Waals surface area contributed by atoms with Crippen LogP contribution in [0, 0.1) is 3.57 Å². The number of hydrogen-bond acceptors (Lipinski definition) is 4. The molecule has 1 aromatic carbocycles. The number of rotatable bonds is 6. The lowest BCUT2D eigenvalue weighted by Gasteiger charge is -2.30. The van der Waals surface area contributed by atoms with Crippen LogP contribution < -0.4 is 0 Å². The highest BCUT2D eigenvalue weighted by atomic mass is 127. The van der Waals surface area contributed by atoms with Crippen molar-refractivity contribution in [3.05, 3.63) is 27.3 Å². The molecule has 122 valence electrons. The van der Waals surface area contributed by atoms with Gasteiger partial charge in [-0.3, -0.25) is 4.99 Å². The summed E-state index contributed by atoms with van der Waals surface area (Å²) in [6, 6.07) is 5.38. The smallest absolute Gasteiger partial charge is 0.335 e. The molecule has 22 heavy (non-hydrogen) atoms. The van der Waals surface area contributed by atoms with Crippen LogP contribution in [0.15, 0.2) is 23.2 Å². The fourth-order valence-corrected chi connectivity index (χ4v) is 3.03. The summed E-state index contributed by atoms with van der Waals surface area (Å²) in [6.07, 6.45) is 1.31. The van der Waals surface area contributed by atoms with Crippen molar-refractivity contribution in [2.45, 2.75) is 5.79 Å². The maximum Gasteiger partial charge on any atom is 0.472 e. The number of phosphoric acid groups is 1. The van der Waals surface area contributed by atoms with Crippen LogP contribution >= 0.6 is 30.4 Å². The fraction of sp³-hybridized carbons (Fsp3) is 0.462. The third-order valence-corrected chi connectivity index (χ3v) is 4.22. The van der Waals surface area contributed by atoms with Gasteiger partial charge in [0.2, 0.25) is 5.79 Å². The Kier molecular flexibility index (Phi) is 5.13. The van der Waals surface area contributed by atoms with Crippen LogP contribution in [0.1, 0.15) is 5.56 Å². The molecule has 1 atom stereocenters. The third kappa shape index (κ3) is 4.58. The molecule has 0 fully saturated rings. The summed E-state index contributed by atoms with van der Waals surface area (Å²) in [7, 11) is 1.24. The Morgan fingerprint density at radius 3 is 2.64 bits per heavy atom. The first-order valence-electron chi connectivity index (χ1n) is 6.57. The van der Waals surface area contributed by atoms with E-state index in [1.165, 1.54) is 6.21 Å². The SMILES string of the molecule is C[N+](C)(C)CCOC1(OP(=O)(O)O)C=Nc2ccc(I)cc21. The number of likely N-dealkylation sites (N-methyl/N-ethyl adjacent to an activating group) is 1. The van der Waals surface area contributed by atoms with Gasteiger partial charge in [0.05, 0.1) is 39.7 Å². The minimum atomic E-state index is -4.76. The maximum atomic E-state index is 11.4. The zero-order valence-corrected chi connectivity index (χ0v) is 15.6. The Balaban J connectivity index is 2.32. The van der Waals surface area contributed by atoms with E-state index >= 15 is 0 Å². The first-order valence-corrected chi connectivity index (χ1v) is 9.18. The molecule has 1 aliphatic rings. The maximum absolute atomic E-state index is 11.4. The first-order chi connectivity index (χ1) is 10.0. The molecule has 1 heterocycles. The topological polar surface area (TPSA) is 88.4 Å². The molecular formula is C13H19IN2O5P+. The fourth-order valence-electron chi connectivity index (χ4n) is 1.99. The van der Waals surface area contributed by atoms with Gasteiger partial charge in [-0.2, -0.15) is 0 Å². The number of quaternary nitrogens is 1. The third-order valence-electron chi connectivity index (χ3n) is 3.04. The molecule has 0 aliphatic carbocycles. The Bertz CT molecular complexity index is 640. The van der Waals surface area contributed by atoms with Crippen LogP contribution in [0.5, 0.6) is 0 Å². The second-order valence-corrected chi connectivity index (χ2v) is 8.44. The van der Waals surface area contributed by atoms with Gasteiger partial charge in [-0.15, -0.1) is 0 Å². The molecule has 1 aliphatic heterocycles. The zero-order chi connectivity index (χ0) is 16.6. The Morgan fingerprint density at radius 2 is 2.05 bits per heavy atom. The molecule has 1 unspecified atom stereocenters. The molecule has 0 spiro atoms. The highest BCUT2D eigenvalue weighted by Gasteiger charge is 2.44. The van der Waals surface area contributed by atoms with E-state index in [9.17, 15) is 14.4 Å². The van der Waals surface area contributed by atoms with Gasteiger partial charge in [-0.1, -0.05) is 0 Å². The Hall–Kier alpha value is -0.350. The lowest BCUT2D eigenvalue weighted by Crippen LogP contribution is -2.41. The average Bonchev–Trinajstić information content (AvgIpc) is 2.64. The number of fused-ring (bicyclic) bond motifs is 1. The molecule has 0 amide bonds. The summed E-state index contributed by atoms with van der Waals surface area (Å²) >= 11 is 2.11. The van der Waals surface area contributed by atoms with Crippen LogP contribution in [0.4, 0.5) is 5.69 Å². The van der Waals surface area contributed by atoms with Crippen molar-refractivity contribution in [1.29, 1.82) is 0 Å². The van der Waals surface area contributed by atoms with E-state index in [0.29, 0.717) is 22.3 Å². The predicted molar refractivity (Wildman–Crippen MR) is 91.0 cm³/mol. The largest absolute Gasteiger partial charge is 0.472 e. The van der Waals surface area contributed by atoms with Crippen LogP contribution in [0.2, 0.25) is 0 Å². The monoisotopic (exact) mass is 441 g/mol. The van der Waals surface area contributed by atoms with Crippen LogP contribution in [0.3, 0.4) is 0 Å². The second kappa shape index (κ2) is 6.27. The van der Waals surface area contributed by atoms with E-state index in [4.69, 9.17) is 9.26 Å². The molecule has 2 rings (SSSR count). The first kappa shape index (κ1) is 18.0. The van der Waals surface area contributed by atoms with E-state index in [0.717, 1.165) is 3.57 Å². The van der Waals surface area contributed by atoms with E-state index in [-0.39, 0.29) is 6.61 Å². The number of nitrogens with zero attached hydrogens (tertiary/aromatic N) is 2. The van der Waals surface area contributed by atoms with Gasteiger partial charge in [-0.25, -0.2) is 9.09 Å². The number of phosphoric ester groups is 1.